The van der Waals surface area contributed by atoms with Crippen molar-refractivity contribution >= 4 is 23.9 Å². The minimum Gasteiger partial charge on any atom is -0.481 e. The van der Waals surface area contributed by atoms with Crippen molar-refractivity contribution in [3.63, 3.8) is 0 Å². The van der Waals surface area contributed by atoms with Crippen molar-refractivity contribution in [3.8, 4) is 0 Å². The van der Waals surface area contributed by atoms with E-state index in [-0.39, 0.29) is 48.3 Å². The molecule has 0 aromatic rings. The number of aliphatic hydroxyl groups excluding tert-OH is 1. The molecule has 11 nitrogen and oxygen atoms in total. The van der Waals surface area contributed by atoms with Crippen LogP contribution in [0.4, 0.5) is 0 Å². The number of carbonyl (C=O) groups excluding carboxylic acids is 2. The molecule has 0 bridgehead atoms. The summed E-state index contributed by atoms with van der Waals surface area (Å²) in [6.07, 6.45) is 19.5. The van der Waals surface area contributed by atoms with Gasteiger partial charge in [-0.15, -0.1) is 0 Å². The van der Waals surface area contributed by atoms with E-state index in [1.165, 1.54) is 25.7 Å². The van der Waals surface area contributed by atoms with Crippen LogP contribution in [-0.4, -0.2) is 81.9 Å². The smallest absolute Gasteiger partial charge is 0.310 e. The molecule has 6 rings (SSSR count). The first-order valence-electron chi connectivity index (χ1n) is 21.7. The summed E-state index contributed by atoms with van der Waals surface area (Å²) in [4.78, 5) is 49.1. The van der Waals surface area contributed by atoms with Crippen LogP contribution in [0.3, 0.4) is 0 Å². The summed E-state index contributed by atoms with van der Waals surface area (Å²) >= 11 is 0. The molecule has 5 atom stereocenters. The maximum Gasteiger partial charge on any atom is 0.310 e. The predicted molar refractivity (Wildman–Crippen MR) is 199 cm³/mol. The molecule has 0 spiro atoms. The highest BCUT2D eigenvalue weighted by Gasteiger charge is 2.44. The van der Waals surface area contributed by atoms with Crippen LogP contribution in [0.5, 0.6) is 0 Å². The summed E-state index contributed by atoms with van der Waals surface area (Å²) in [6, 6.07) is 0. The Kier molecular flexibility index (Phi) is 14.4. The van der Waals surface area contributed by atoms with Gasteiger partial charge in [0.15, 0.2) is 0 Å². The minimum atomic E-state index is -1.03. The highest BCUT2D eigenvalue weighted by atomic mass is 16.6. The number of hydrogen-bond acceptors (Lipinski definition) is 9. The van der Waals surface area contributed by atoms with Gasteiger partial charge in [0, 0.05) is 0 Å². The van der Waals surface area contributed by atoms with E-state index >= 15 is 0 Å². The summed E-state index contributed by atoms with van der Waals surface area (Å²) in [5.74, 6) is -3.94. The fourth-order valence-corrected chi connectivity index (χ4v) is 11.3. The molecule has 0 aromatic heterocycles. The van der Waals surface area contributed by atoms with Gasteiger partial charge >= 0.3 is 23.9 Å². The van der Waals surface area contributed by atoms with E-state index in [4.69, 9.17) is 18.9 Å². The molecule has 54 heavy (non-hydrogen) atoms. The van der Waals surface area contributed by atoms with Gasteiger partial charge in [0.2, 0.25) is 0 Å². The van der Waals surface area contributed by atoms with E-state index < -0.39 is 47.7 Å². The number of aliphatic hydroxyl groups is 1. The summed E-state index contributed by atoms with van der Waals surface area (Å²) in [7, 11) is 0. The molecule has 6 aliphatic carbocycles. The number of esters is 2. The Balaban J connectivity index is 0.844. The summed E-state index contributed by atoms with van der Waals surface area (Å²) in [5.41, 5.74) is 0.272. The molecular formula is C43H68O11. The van der Waals surface area contributed by atoms with Gasteiger partial charge in [-0.05, 0) is 152 Å². The lowest BCUT2D eigenvalue weighted by molar-refractivity contribution is -0.168. The van der Waals surface area contributed by atoms with Crippen LogP contribution >= 0.6 is 0 Å². The molecule has 6 aliphatic rings. The van der Waals surface area contributed by atoms with Crippen LogP contribution < -0.4 is 0 Å². The second kappa shape index (κ2) is 18.8. The Morgan fingerprint density at radius 3 is 1.20 bits per heavy atom. The summed E-state index contributed by atoms with van der Waals surface area (Å²) < 4.78 is 24.9. The zero-order valence-corrected chi connectivity index (χ0v) is 32.9. The second-order valence-electron chi connectivity index (χ2n) is 18.6. The van der Waals surface area contributed by atoms with Crippen molar-refractivity contribution in [2.75, 3.05) is 0 Å². The summed E-state index contributed by atoms with van der Waals surface area (Å²) in [6.45, 7) is 4.96. The Morgan fingerprint density at radius 1 is 0.444 bits per heavy atom. The van der Waals surface area contributed by atoms with E-state index in [0.717, 1.165) is 89.9 Å². The zero-order valence-electron chi connectivity index (χ0n) is 32.9. The molecule has 0 saturated heterocycles. The fourth-order valence-electron chi connectivity index (χ4n) is 11.3. The fraction of sp³-hybridized carbons (Fsp3) is 0.907. The zero-order chi connectivity index (χ0) is 38.4. The molecule has 0 aliphatic heterocycles. The Bertz CT molecular complexity index is 1250. The van der Waals surface area contributed by atoms with Gasteiger partial charge < -0.3 is 34.3 Å². The number of rotatable bonds is 12. The lowest BCUT2D eigenvalue weighted by Crippen LogP contribution is -2.41. The lowest BCUT2D eigenvalue weighted by atomic mass is 9.60. The molecule has 5 unspecified atom stereocenters. The van der Waals surface area contributed by atoms with Gasteiger partial charge in [0.1, 0.15) is 12.2 Å². The molecule has 6 fully saturated rings. The summed E-state index contributed by atoms with van der Waals surface area (Å²) in [5, 5.41) is 29.0. The van der Waals surface area contributed by atoms with Crippen LogP contribution in [-0.2, 0) is 38.1 Å². The van der Waals surface area contributed by atoms with E-state index in [1.54, 1.807) is 0 Å². The second-order valence-corrected chi connectivity index (χ2v) is 18.6. The van der Waals surface area contributed by atoms with Gasteiger partial charge in [-0.25, -0.2) is 0 Å². The lowest BCUT2D eigenvalue weighted by Gasteiger charge is -2.47. The molecule has 3 N–H and O–H groups in total. The standard InChI is InChI=1S/C43H68O11/c1-43(2,26-7-12-29(13-8-26)51-31-16-20-33(21-17-31)53-41(49)36-6-4-3-5-35(36)39(45)46)27-9-14-30(15-10-27)52-32-18-22-34(23-19-32)54-42(50)37-24-11-28(44)25-38(37)40(47)48/h26-38,44H,3-25H2,1-2H3,(H,45,46)(H,47,48). The number of carbonyl (C=O) groups is 4. The Morgan fingerprint density at radius 2 is 0.796 bits per heavy atom. The molecule has 0 radical (unpaired) electrons. The number of ether oxygens (including phenoxy) is 4. The molecular weight excluding hydrogens is 692 g/mol. The first-order valence-corrected chi connectivity index (χ1v) is 21.7. The highest BCUT2D eigenvalue weighted by Crippen LogP contribution is 2.49. The van der Waals surface area contributed by atoms with E-state index in [9.17, 15) is 34.5 Å². The molecule has 0 amide bonds. The number of hydrogen-bond donors (Lipinski definition) is 3. The van der Waals surface area contributed by atoms with Crippen molar-refractivity contribution < 1.29 is 53.4 Å². The van der Waals surface area contributed by atoms with Crippen LogP contribution in [0.1, 0.15) is 162 Å². The minimum absolute atomic E-state index is 0.109. The Hall–Kier alpha value is -2.24. The molecule has 306 valence electrons. The van der Waals surface area contributed by atoms with Crippen LogP contribution in [0.25, 0.3) is 0 Å². The molecule has 11 heteroatoms. The SMILES string of the molecule is CC(C)(C1CCC(OC2CCC(OC(=O)C3CCCCC3C(=O)O)CC2)CC1)C1CCC(OC2CCC(OC(=O)C3CCC(O)CC3C(=O)O)CC2)CC1. The topological polar surface area (TPSA) is 166 Å². The van der Waals surface area contributed by atoms with Crippen molar-refractivity contribution in [2.24, 2.45) is 40.9 Å². The first kappa shape index (κ1) is 41.4. The van der Waals surface area contributed by atoms with Gasteiger partial charge in [-0.1, -0.05) is 26.7 Å². The third-order valence-corrected chi connectivity index (χ3v) is 14.9. The number of aliphatic carboxylic acids is 2. The molecule has 0 heterocycles. The van der Waals surface area contributed by atoms with Crippen LogP contribution in [0, 0.1) is 40.9 Å². The largest absolute Gasteiger partial charge is 0.481 e. The van der Waals surface area contributed by atoms with Crippen molar-refractivity contribution in [1.82, 2.24) is 0 Å². The molecule has 6 saturated carbocycles. The average Bonchev–Trinajstić information content (AvgIpc) is 3.16. The first-order chi connectivity index (χ1) is 25.9. The van der Waals surface area contributed by atoms with Crippen LogP contribution in [0.15, 0.2) is 0 Å². The molecule has 0 aromatic carbocycles. The van der Waals surface area contributed by atoms with E-state index in [2.05, 4.69) is 13.8 Å². The predicted octanol–water partition coefficient (Wildman–Crippen LogP) is 7.63. The quantitative estimate of drug-likeness (QED) is 0.168. The van der Waals surface area contributed by atoms with Gasteiger partial charge in [-0.3, -0.25) is 19.2 Å². The van der Waals surface area contributed by atoms with Crippen molar-refractivity contribution in [2.45, 2.75) is 204 Å². The highest BCUT2D eigenvalue weighted by molar-refractivity contribution is 5.82. The van der Waals surface area contributed by atoms with Crippen LogP contribution in [0.2, 0.25) is 0 Å². The Labute approximate surface area is 322 Å². The van der Waals surface area contributed by atoms with Crippen molar-refractivity contribution in [1.29, 1.82) is 0 Å². The van der Waals surface area contributed by atoms with Gasteiger partial charge in [0.05, 0.1) is 54.2 Å². The van der Waals surface area contributed by atoms with Gasteiger partial charge in [0.25, 0.3) is 0 Å². The third kappa shape index (κ3) is 10.6. The number of carboxylic acids is 2. The maximum atomic E-state index is 12.9. The normalized spacial score (nSPS) is 39.6. The van der Waals surface area contributed by atoms with Gasteiger partial charge in [-0.2, -0.15) is 0 Å². The number of carboxylic acid groups (broad SMARTS) is 2. The van der Waals surface area contributed by atoms with E-state index in [1.807, 2.05) is 0 Å². The monoisotopic (exact) mass is 760 g/mol. The van der Waals surface area contributed by atoms with Crippen molar-refractivity contribution in [3.05, 3.63) is 0 Å². The van der Waals surface area contributed by atoms with E-state index in [0.29, 0.717) is 43.6 Å². The average molecular weight is 761 g/mol. The third-order valence-electron chi connectivity index (χ3n) is 14.9. The maximum absolute atomic E-state index is 12.9.